The third-order valence-electron chi connectivity index (χ3n) is 3.34. The van der Waals surface area contributed by atoms with E-state index >= 15 is 0 Å². The van der Waals surface area contributed by atoms with Crippen LogP contribution >= 0.6 is 45.2 Å². The molecule has 23 heavy (non-hydrogen) atoms. The van der Waals surface area contributed by atoms with E-state index in [9.17, 15) is 19.8 Å². The predicted octanol–water partition coefficient (Wildman–Crippen LogP) is 2.58. The maximum absolute atomic E-state index is 12.5. The fourth-order valence-corrected chi connectivity index (χ4v) is 4.53. The standard InChI is InChI=1S/C15H17I2NO5/c1-15(2,3)23-14(22)11-9-6(5-8(18-11)13(20)21)4-7(16)12(19)10(9)17/h4,8,11,18-19H,5H2,1-3H3,(H,20,21). The van der Waals surface area contributed by atoms with Gasteiger partial charge >= 0.3 is 11.9 Å². The quantitative estimate of drug-likeness (QED) is 0.391. The first-order chi connectivity index (χ1) is 10.5. The Morgan fingerprint density at radius 1 is 1.35 bits per heavy atom. The molecule has 0 bridgehead atoms. The van der Waals surface area contributed by atoms with Crippen LogP contribution in [0, 0.1) is 7.14 Å². The maximum Gasteiger partial charge on any atom is 0.328 e. The number of fused-ring (bicyclic) bond motifs is 1. The van der Waals surface area contributed by atoms with Crippen molar-refractivity contribution < 1.29 is 24.5 Å². The lowest BCUT2D eigenvalue weighted by molar-refractivity contribution is -0.158. The fourth-order valence-electron chi connectivity index (χ4n) is 2.42. The number of hydrogen-bond acceptors (Lipinski definition) is 5. The first kappa shape index (κ1) is 18.7. The van der Waals surface area contributed by atoms with Crippen molar-refractivity contribution in [1.82, 2.24) is 5.32 Å². The van der Waals surface area contributed by atoms with Gasteiger partial charge in [0.25, 0.3) is 0 Å². The lowest BCUT2D eigenvalue weighted by Gasteiger charge is -2.33. The van der Waals surface area contributed by atoms with Gasteiger partial charge in [0, 0.05) is 5.56 Å². The van der Waals surface area contributed by atoms with Gasteiger partial charge in [-0.1, -0.05) is 0 Å². The minimum atomic E-state index is -1.03. The Hall–Kier alpha value is -0.620. The highest BCUT2D eigenvalue weighted by atomic mass is 127. The van der Waals surface area contributed by atoms with E-state index in [1.165, 1.54) is 0 Å². The average Bonchev–Trinajstić information content (AvgIpc) is 2.41. The summed E-state index contributed by atoms with van der Waals surface area (Å²) in [5.41, 5.74) is 0.639. The van der Waals surface area contributed by atoms with Crippen LogP contribution in [0.2, 0.25) is 0 Å². The zero-order valence-electron chi connectivity index (χ0n) is 12.8. The third-order valence-corrected chi connectivity index (χ3v) is 5.25. The number of nitrogens with one attached hydrogen (secondary N) is 1. The van der Waals surface area contributed by atoms with Crippen molar-refractivity contribution in [3.05, 3.63) is 24.3 Å². The molecule has 0 aliphatic carbocycles. The third kappa shape index (κ3) is 4.08. The molecule has 0 aromatic heterocycles. The lowest BCUT2D eigenvalue weighted by Crippen LogP contribution is -2.49. The monoisotopic (exact) mass is 545 g/mol. The van der Waals surface area contributed by atoms with Crippen molar-refractivity contribution in [2.24, 2.45) is 0 Å². The number of carboxylic acid groups (broad SMARTS) is 1. The van der Waals surface area contributed by atoms with E-state index < -0.39 is 29.6 Å². The number of carbonyl (C=O) groups is 2. The van der Waals surface area contributed by atoms with E-state index in [2.05, 4.69) is 5.32 Å². The second-order valence-corrected chi connectivity index (χ2v) is 8.56. The SMILES string of the molecule is CC(C)(C)OC(=O)C1NC(C(=O)O)Cc2cc(I)c(O)c(I)c21. The molecule has 2 rings (SSSR count). The van der Waals surface area contributed by atoms with Crippen molar-refractivity contribution in [2.75, 3.05) is 0 Å². The van der Waals surface area contributed by atoms with Crippen molar-refractivity contribution in [2.45, 2.75) is 44.9 Å². The van der Waals surface area contributed by atoms with Gasteiger partial charge in [0.1, 0.15) is 23.4 Å². The van der Waals surface area contributed by atoms with Crippen molar-refractivity contribution in [3.63, 3.8) is 0 Å². The Morgan fingerprint density at radius 2 is 1.96 bits per heavy atom. The summed E-state index contributed by atoms with van der Waals surface area (Å²) >= 11 is 3.96. The predicted molar refractivity (Wildman–Crippen MR) is 100 cm³/mol. The summed E-state index contributed by atoms with van der Waals surface area (Å²) < 4.78 is 6.57. The van der Waals surface area contributed by atoms with Crippen LogP contribution in [0.15, 0.2) is 6.07 Å². The van der Waals surface area contributed by atoms with Gasteiger partial charge in [-0.05, 0) is 84.0 Å². The summed E-state index contributed by atoms with van der Waals surface area (Å²) in [5, 5.41) is 22.3. The van der Waals surface area contributed by atoms with Crippen molar-refractivity contribution >= 4 is 57.1 Å². The molecule has 1 heterocycles. The number of phenols is 1. The first-order valence-corrected chi connectivity index (χ1v) is 9.08. The Kier molecular flexibility index (Phi) is 5.46. The van der Waals surface area contributed by atoms with Gasteiger partial charge in [0.05, 0.1) is 7.14 Å². The molecule has 0 radical (unpaired) electrons. The highest BCUT2D eigenvalue weighted by molar-refractivity contribution is 14.1. The van der Waals surface area contributed by atoms with E-state index in [1.54, 1.807) is 26.8 Å². The number of carboxylic acids is 1. The molecule has 8 heteroatoms. The highest BCUT2D eigenvalue weighted by Crippen LogP contribution is 2.38. The molecule has 1 aliphatic rings. The molecule has 2 unspecified atom stereocenters. The average molecular weight is 545 g/mol. The molecule has 6 nitrogen and oxygen atoms in total. The molecular weight excluding hydrogens is 528 g/mol. The molecule has 1 aliphatic heterocycles. The molecule has 0 saturated heterocycles. The highest BCUT2D eigenvalue weighted by Gasteiger charge is 2.39. The molecule has 1 aromatic carbocycles. The number of ether oxygens (including phenoxy) is 1. The topological polar surface area (TPSA) is 95.9 Å². The van der Waals surface area contributed by atoms with Gasteiger partial charge in [-0.25, -0.2) is 4.79 Å². The normalized spacial score (nSPS) is 20.7. The molecular formula is C15H17I2NO5. The smallest absolute Gasteiger partial charge is 0.328 e. The summed E-state index contributed by atoms with van der Waals surface area (Å²) in [6.07, 6.45) is 0.246. The van der Waals surface area contributed by atoms with Crippen LogP contribution < -0.4 is 5.32 Å². The number of aromatic hydroxyl groups is 1. The number of benzene rings is 1. The Labute approximate surface area is 161 Å². The van der Waals surface area contributed by atoms with E-state index in [0.29, 0.717) is 12.7 Å². The molecule has 1 aromatic rings. The van der Waals surface area contributed by atoms with Gasteiger partial charge in [-0.2, -0.15) is 0 Å². The number of hydrogen-bond donors (Lipinski definition) is 3. The molecule has 126 valence electrons. The van der Waals surface area contributed by atoms with Crippen molar-refractivity contribution in [1.29, 1.82) is 0 Å². The van der Waals surface area contributed by atoms with Gasteiger partial charge in [0.15, 0.2) is 0 Å². The van der Waals surface area contributed by atoms with Crippen LogP contribution in [0.3, 0.4) is 0 Å². The molecule has 2 atom stereocenters. The molecule has 0 amide bonds. The summed E-state index contributed by atoms with van der Waals surface area (Å²) in [6.45, 7) is 5.25. The Balaban J connectivity index is 2.52. The van der Waals surface area contributed by atoms with Crippen LogP contribution in [0.25, 0.3) is 0 Å². The maximum atomic E-state index is 12.5. The minimum absolute atomic E-state index is 0.0917. The van der Waals surface area contributed by atoms with Gasteiger partial charge in [-0.15, -0.1) is 0 Å². The lowest BCUT2D eigenvalue weighted by atomic mass is 9.89. The zero-order chi connectivity index (χ0) is 17.5. The number of halogens is 2. The number of esters is 1. The van der Waals surface area contributed by atoms with E-state index in [0.717, 1.165) is 5.56 Å². The second kappa shape index (κ2) is 6.71. The fraction of sp³-hybridized carbons (Fsp3) is 0.467. The van der Waals surface area contributed by atoms with Gasteiger partial charge < -0.3 is 14.9 Å². The molecule has 0 saturated carbocycles. The number of aliphatic carboxylic acids is 1. The van der Waals surface area contributed by atoms with E-state index in [-0.39, 0.29) is 12.2 Å². The zero-order valence-corrected chi connectivity index (χ0v) is 17.1. The first-order valence-electron chi connectivity index (χ1n) is 6.92. The van der Waals surface area contributed by atoms with Crippen LogP contribution in [0.1, 0.15) is 37.9 Å². The molecule has 0 fully saturated rings. The van der Waals surface area contributed by atoms with Gasteiger partial charge in [-0.3, -0.25) is 10.1 Å². The van der Waals surface area contributed by atoms with Crippen LogP contribution in [-0.2, 0) is 20.7 Å². The summed E-state index contributed by atoms with van der Waals surface area (Å²) in [6, 6.07) is -0.0771. The molecule has 0 spiro atoms. The minimum Gasteiger partial charge on any atom is -0.506 e. The summed E-state index contributed by atoms with van der Waals surface area (Å²) in [7, 11) is 0. The largest absolute Gasteiger partial charge is 0.506 e. The van der Waals surface area contributed by atoms with E-state index in [4.69, 9.17) is 4.74 Å². The van der Waals surface area contributed by atoms with Crippen LogP contribution in [0.5, 0.6) is 5.75 Å². The Morgan fingerprint density at radius 3 is 2.48 bits per heavy atom. The van der Waals surface area contributed by atoms with Gasteiger partial charge in [0.2, 0.25) is 0 Å². The number of carbonyl (C=O) groups excluding carboxylic acids is 1. The number of rotatable bonds is 2. The number of phenolic OH excluding ortho intramolecular Hbond substituents is 1. The van der Waals surface area contributed by atoms with Crippen LogP contribution in [0.4, 0.5) is 0 Å². The summed E-state index contributed by atoms with van der Waals surface area (Å²) in [4.78, 5) is 23.9. The molecule has 3 N–H and O–H groups in total. The van der Waals surface area contributed by atoms with Crippen molar-refractivity contribution in [3.8, 4) is 5.75 Å². The van der Waals surface area contributed by atoms with Crippen LogP contribution in [-0.4, -0.2) is 33.8 Å². The second-order valence-electron chi connectivity index (χ2n) is 6.32. The Bertz CT molecular complexity index is 669. The van der Waals surface area contributed by atoms with E-state index in [1.807, 2.05) is 45.2 Å². The summed E-state index contributed by atoms with van der Waals surface area (Å²) in [5.74, 6) is -1.49.